The highest BCUT2D eigenvalue weighted by atomic mass is 16.5. The van der Waals surface area contributed by atoms with Crippen molar-refractivity contribution < 1.29 is 4.74 Å². The van der Waals surface area contributed by atoms with Crippen LogP contribution in [0.25, 0.3) is 0 Å². The van der Waals surface area contributed by atoms with Crippen LogP contribution in [0.15, 0.2) is 12.7 Å². The first-order chi connectivity index (χ1) is 7.67. The van der Waals surface area contributed by atoms with Crippen LogP contribution in [0, 0.1) is 0 Å². The Morgan fingerprint density at radius 3 is 2.18 bits per heavy atom. The van der Waals surface area contributed by atoms with Crippen molar-refractivity contribution in [1.29, 1.82) is 0 Å². The summed E-state index contributed by atoms with van der Waals surface area (Å²) in [6.07, 6.45) is 1.98. The summed E-state index contributed by atoms with van der Waals surface area (Å²) in [4.78, 5) is 2.31. The molecular weight excluding hydrogens is 212 g/mol. The topological polar surface area (TPSA) is 38.5 Å². The lowest BCUT2D eigenvalue weighted by Crippen LogP contribution is -2.48. The van der Waals surface area contributed by atoms with Gasteiger partial charge in [-0.15, -0.1) is 6.58 Å². The van der Waals surface area contributed by atoms with E-state index in [-0.39, 0.29) is 17.7 Å². The summed E-state index contributed by atoms with van der Waals surface area (Å²) in [6.45, 7) is 18.0. The average Bonchev–Trinajstić information content (AvgIpc) is 2.13. The quantitative estimate of drug-likeness (QED) is 0.697. The summed E-state index contributed by atoms with van der Waals surface area (Å²) in [5, 5.41) is 0. The van der Waals surface area contributed by atoms with E-state index in [2.05, 4.69) is 46.1 Å². The Labute approximate surface area is 107 Å². The summed E-state index contributed by atoms with van der Waals surface area (Å²) in [5.41, 5.74) is 6.05. The minimum absolute atomic E-state index is 0.0246. The molecular formula is C14H30N2O. The van der Waals surface area contributed by atoms with Crippen molar-refractivity contribution in [2.45, 2.75) is 65.3 Å². The highest BCUT2D eigenvalue weighted by Crippen LogP contribution is 2.13. The van der Waals surface area contributed by atoms with Crippen LogP contribution >= 0.6 is 0 Å². The molecule has 0 rings (SSSR count). The molecule has 0 aliphatic heterocycles. The molecule has 0 bridgehead atoms. The second-order valence-corrected chi connectivity index (χ2v) is 5.94. The van der Waals surface area contributed by atoms with Gasteiger partial charge in [0.25, 0.3) is 0 Å². The number of hydrogen-bond acceptors (Lipinski definition) is 3. The fourth-order valence-corrected chi connectivity index (χ4v) is 1.73. The second-order valence-electron chi connectivity index (χ2n) is 5.94. The standard InChI is InChI=1S/C14H30N2O/c1-8-9-16(11(2)3)10-13(15)12(4)17-14(5,6)7/h8,11-13H,1,9-10,15H2,2-7H3/t12-,13-/m1/s1. The van der Waals surface area contributed by atoms with E-state index in [4.69, 9.17) is 10.5 Å². The first-order valence-corrected chi connectivity index (χ1v) is 6.45. The van der Waals surface area contributed by atoms with Gasteiger partial charge in [0.1, 0.15) is 0 Å². The van der Waals surface area contributed by atoms with Gasteiger partial charge in [-0.25, -0.2) is 0 Å². The molecule has 0 heterocycles. The van der Waals surface area contributed by atoms with Crippen LogP contribution in [0.1, 0.15) is 41.5 Å². The van der Waals surface area contributed by atoms with Crippen LogP contribution in [0.3, 0.4) is 0 Å². The fourth-order valence-electron chi connectivity index (χ4n) is 1.73. The lowest BCUT2D eigenvalue weighted by atomic mass is 10.1. The third kappa shape index (κ3) is 7.53. The Kier molecular flexibility index (Phi) is 6.98. The lowest BCUT2D eigenvalue weighted by molar-refractivity contribution is -0.0650. The van der Waals surface area contributed by atoms with Gasteiger partial charge in [-0.05, 0) is 41.5 Å². The summed E-state index contributed by atoms with van der Waals surface area (Å²) >= 11 is 0. The van der Waals surface area contributed by atoms with E-state index in [9.17, 15) is 0 Å². The Balaban J connectivity index is 4.29. The normalized spacial score (nSPS) is 16.3. The van der Waals surface area contributed by atoms with Crippen molar-refractivity contribution in [3.05, 3.63) is 12.7 Å². The van der Waals surface area contributed by atoms with Gasteiger partial charge in [-0.2, -0.15) is 0 Å². The van der Waals surface area contributed by atoms with Gasteiger partial charge in [-0.1, -0.05) is 6.08 Å². The molecule has 0 fully saturated rings. The third-order valence-corrected chi connectivity index (χ3v) is 2.68. The van der Waals surface area contributed by atoms with Crippen molar-refractivity contribution in [3.8, 4) is 0 Å². The fraction of sp³-hybridized carbons (Fsp3) is 0.857. The molecule has 0 aromatic carbocycles. The highest BCUT2D eigenvalue weighted by molar-refractivity contribution is 4.82. The molecule has 0 radical (unpaired) electrons. The van der Waals surface area contributed by atoms with Gasteiger partial charge in [0.05, 0.1) is 11.7 Å². The first kappa shape index (κ1) is 16.6. The summed E-state index contributed by atoms with van der Waals surface area (Å²) in [7, 11) is 0. The second kappa shape index (κ2) is 7.14. The van der Waals surface area contributed by atoms with E-state index in [1.165, 1.54) is 0 Å². The molecule has 3 nitrogen and oxygen atoms in total. The van der Waals surface area contributed by atoms with Gasteiger partial charge in [-0.3, -0.25) is 4.90 Å². The zero-order chi connectivity index (χ0) is 13.6. The Bertz CT molecular complexity index is 221. The van der Waals surface area contributed by atoms with E-state index in [1.807, 2.05) is 13.0 Å². The van der Waals surface area contributed by atoms with E-state index in [1.54, 1.807) is 0 Å². The summed E-state index contributed by atoms with van der Waals surface area (Å²) in [6, 6.07) is 0.498. The van der Waals surface area contributed by atoms with Crippen LogP contribution < -0.4 is 5.73 Å². The molecule has 0 aliphatic rings. The maximum atomic E-state index is 6.19. The molecule has 17 heavy (non-hydrogen) atoms. The van der Waals surface area contributed by atoms with E-state index in [0.29, 0.717) is 6.04 Å². The lowest BCUT2D eigenvalue weighted by Gasteiger charge is -2.33. The molecule has 0 spiro atoms. The van der Waals surface area contributed by atoms with Crippen molar-refractivity contribution in [3.63, 3.8) is 0 Å². The van der Waals surface area contributed by atoms with Gasteiger partial charge >= 0.3 is 0 Å². The van der Waals surface area contributed by atoms with Gasteiger partial charge in [0, 0.05) is 25.2 Å². The molecule has 0 saturated carbocycles. The van der Waals surface area contributed by atoms with Crippen LogP contribution in [0.2, 0.25) is 0 Å². The number of rotatable bonds is 7. The maximum absolute atomic E-state index is 6.19. The summed E-state index contributed by atoms with van der Waals surface area (Å²) in [5.74, 6) is 0. The largest absolute Gasteiger partial charge is 0.371 e. The monoisotopic (exact) mass is 242 g/mol. The molecule has 0 aromatic rings. The number of ether oxygens (including phenoxy) is 1. The van der Waals surface area contributed by atoms with Crippen LogP contribution in [0.4, 0.5) is 0 Å². The molecule has 0 aliphatic carbocycles. The van der Waals surface area contributed by atoms with E-state index >= 15 is 0 Å². The Morgan fingerprint density at radius 2 is 1.82 bits per heavy atom. The first-order valence-electron chi connectivity index (χ1n) is 6.45. The smallest absolute Gasteiger partial charge is 0.0717 e. The van der Waals surface area contributed by atoms with Crippen molar-refractivity contribution >= 4 is 0 Å². The van der Waals surface area contributed by atoms with Crippen molar-refractivity contribution in [2.24, 2.45) is 5.73 Å². The molecule has 3 heteroatoms. The minimum Gasteiger partial charge on any atom is -0.371 e. The van der Waals surface area contributed by atoms with Crippen LogP contribution in [-0.4, -0.2) is 41.8 Å². The predicted molar refractivity (Wildman–Crippen MR) is 75.2 cm³/mol. The Morgan fingerprint density at radius 1 is 1.29 bits per heavy atom. The van der Waals surface area contributed by atoms with Crippen molar-refractivity contribution in [2.75, 3.05) is 13.1 Å². The molecule has 2 N–H and O–H groups in total. The maximum Gasteiger partial charge on any atom is 0.0717 e. The van der Waals surface area contributed by atoms with Crippen LogP contribution in [0.5, 0.6) is 0 Å². The van der Waals surface area contributed by atoms with E-state index < -0.39 is 0 Å². The van der Waals surface area contributed by atoms with Gasteiger partial charge < -0.3 is 10.5 Å². The summed E-state index contributed by atoms with van der Waals surface area (Å²) < 4.78 is 5.88. The Hall–Kier alpha value is -0.380. The molecule has 102 valence electrons. The predicted octanol–water partition coefficient (Wildman–Crippen LogP) is 2.41. The molecule has 0 amide bonds. The highest BCUT2D eigenvalue weighted by Gasteiger charge is 2.22. The molecule has 0 aromatic heterocycles. The number of nitrogens with zero attached hydrogens (tertiary/aromatic N) is 1. The molecule has 2 atom stereocenters. The van der Waals surface area contributed by atoms with Gasteiger partial charge in [0.15, 0.2) is 0 Å². The van der Waals surface area contributed by atoms with Crippen molar-refractivity contribution in [1.82, 2.24) is 4.90 Å². The SMILES string of the molecule is C=CCN(C[C@@H](N)[C@@H](C)OC(C)(C)C)C(C)C. The van der Waals surface area contributed by atoms with Crippen LogP contribution in [-0.2, 0) is 4.74 Å². The van der Waals surface area contributed by atoms with Gasteiger partial charge in [0.2, 0.25) is 0 Å². The number of hydrogen-bond donors (Lipinski definition) is 1. The van der Waals surface area contributed by atoms with E-state index in [0.717, 1.165) is 13.1 Å². The molecule has 0 saturated heterocycles. The average molecular weight is 242 g/mol. The minimum atomic E-state index is -0.141. The number of nitrogens with two attached hydrogens (primary N) is 1. The zero-order valence-corrected chi connectivity index (χ0v) is 12.4. The molecule has 0 unspecified atom stereocenters. The third-order valence-electron chi connectivity index (χ3n) is 2.68. The zero-order valence-electron chi connectivity index (χ0n) is 12.4.